The summed E-state index contributed by atoms with van der Waals surface area (Å²) in [7, 11) is 0. The molecule has 14 rings (SSSR count). The normalized spacial score (nSPS) is 12.6. The zero-order valence-corrected chi connectivity index (χ0v) is 41.8. The lowest BCUT2D eigenvalue weighted by Gasteiger charge is -2.23. The van der Waals surface area contributed by atoms with E-state index in [0.29, 0.717) is 0 Å². The van der Waals surface area contributed by atoms with Crippen LogP contribution >= 0.6 is 0 Å². The molecule has 342 valence electrons. The fourth-order valence-corrected chi connectivity index (χ4v) is 12.6. The first kappa shape index (κ1) is 42.5. The third-order valence-electron chi connectivity index (χ3n) is 16.0. The fraction of sp³-hybridized carbons (Fsp3) is 0.111. The maximum Gasteiger partial charge on any atom is -0.000731 e. The van der Waals surface area contributed by atoms with Gasteiger partial charge in [0.15, 0.2) is 0 Å². The molecule has 12 aromatic rings. The molecule has 0 nitrogen and oxygen atoms in total. The molecule has 0 fully saturated rings. The monoisotopic (exact) mass is 918 g/mol. The van der Waals surface area contributed by atoms with E-state index in [1.807, 2.05) is 0 Å². The van der Waals surface area contributed by atoms with Gasteiger partial charge in [-0.3, -0.25) is 0 Å². The summed E-state index contributed by atoms with van der Waals surface area (Å²) in [4.78, 5) is 0. The van der Waals surface area contributed by atoms with Crippen LogP contribution in [0, 0.1) is 0 Å². The van der Waals surface area contributed by atoms with Crippen molar-refractivity contribution < 1.29 is 0 Å². The van der Waals surface area contributed by atoms with Crippen LogP contribution < -0.4 is 0 Å². The highest BCUT2D eigenvalue weighted by Gasteiger charge is 2.35. The van der Waals surface area contributed by atoms with E-state index in [1.54, 1.807) is 0 Å². The van der Waals surface area contributed by atoms with Crippen LogP contribution in [0.25, 0.3) is 143 Å². The molecule has 0 aliphatic heterocycles. The third kappa shape index (κ3) is 6.25. The Hall–Kier alpha value is -8.32. The van der Waals surface area contributed by atoms with Crippen molar-refractivity contribution in [2.75, 3.05) is 0 Å². The lowest BCUT2D eigenvalue weighted by Crippen LogP contribution is -2.12. The Labute approximate surface area is 422 Å². The zero-order valence-electron chi connectivity index (χ0n) is 41.8. The molecule has 0 heteroatoms. The molecule has 12 aromatic carbocycles. The van der Waals surface area contributed by atoms with Gasteiger partial charge in [0.05, 0.1) is 0 Å². The minimum Gasteiger partial charge on any atom is -0.0622 e. The van der Waals surface area contributed by atoms with Gasteiger partial charge in [-0.15, -0.1) is 0 Å². The largest absolute Gasteiger partial charge is 0.0622 e. The molecule has 72 heavy (non-hydrogen) atoms. The second-order valence-electron chi connectivity index (χ2n) is 22.3. The molecule has 0 amide bonds. The number of hydrogen-bond acceptors (Lipinski definition) is 0. The highest BCUT2D eigenvalue weighted by Crippen LogP contribution is 2.61. The van der Waals surface area contributed by atoms with Gasteiger partial charge in [-0.1, -0.05) is 242 Å². The molecular weight excluding hydrogens is 865 g/mol. The average Bonchev–Trinajstić information content (AvgIpc) is 3.92. The van der Waals surface area contributed by atoms with Crippen LogP contribution in [0.2, 0.25) is 0 Å². The summed E-state index contributed by atoms with van der Waals surface area (Å²) in [5, 5.41) is 10.4. The summed E-state index contributed by atoms with van der Waals surface area (Å²) in [5.41, 5.74) is 25.8. The van der Waals surface area contributed by atoms with Gasteiger partial charge in [0.2, 0.25) is 0 Å². The number of fused-ring (bicyclic) bond motifs is 8. The lowest BCUT2D eigenvalue weighted by atomic mass is 9.80. The van der Waals surface area contributed by atoms with E-state index in [0.717, 1.165) is 0 Å². The highest BCUT2D eigenvalue weighted by atomic mass is 14.4. The standard InChI is InChI=1S/C72H54/c1-71(2,3)49-38-48-39-50(72(4,5)6)42-60-61(48)59(41-49)69-64(45-26-15-9-16-27-45)55-35-34-47(40-58(55)65(70(60)69)46-28-17-10-18-29-46)51-36-37-57-66-52(51)32-21-33-56(66)67-62(43-22-11-7-12-23-43)53-30-19-20-31-54(53)63(68(57)67)44-24-13-8-14-25-44/h7-42H,1-6H3. The predicted octanol–water partition coefficient (Wildman–Crippen LogP) is 20.5. The van der Waals surface area contributed by atoms with Crippen LogP contribution in [0.1, 0.15) is 52.7 Å². The molecule has 0 saturated carbocycles. The zero-order chi connectivity index (χ0) is 48.6. The van der Waals surface area contributed by atoms with Crippen LogP contribution in [0.5, 0.6) is 0 Å². The van der Waals surface area contributed by atoms with Gasteiger partial charge in [-0.25, -0.2) is 0 Å². The first-order chi connectivity index (χ1) is 35.0. The van der Waals surface area contributed by atoms with Crippen molar-refractivity contribution in [1.82, 2.24) is 0 Å². The summed E-state index contributed by atoms with van der Waals surface area (Å²) in [6, 6.07) is 82.8. The molecule has 0 N–H and O–H groups in total. The van der Waals surface area contributed by atoms with Crippen molar-refractivity contribution in [2.24, 2.45) is 0 Å². The van der Waals surface area contributed by atoms with Crippen LogP contribution in [-0.4, -0.2) is 0 Å². The van der Waals surface area contributed by atoms with E-state index in [9.17, 15) is 0 Å². The Morgan fingerprint density at radius 1 is 0.222 bits per heavy atom. The molecule has 0 unspecified atom stereocenters. The molecule has 0 heterocycles. The number of hydrogen-bond donors (Lipinski definition) is 0. The molecule has 0 spiro atoms. The van der Waals surface area contributed by atoms with E-state index in [-0.39, 0.29) is 10.8 Å². The molecule has 0 saturated heterocycles. The van der Waals surface area contributed by atoms with Gasteiger partial charge in [0, 0.05) is 0 Å². The van der Waals surface area contributed by atoms with Crippen molar-refractivity contribution in [3.8, 4) is 100 Å². The third-order valence-corrected chi connectivity index (χ3v) is 16.0. The maximum atomic E-state index is 2.53. The van der Waals surface area contributed by atoms with E-state index in [4.69, 9.17) is 0 Å². The summed E-state index contributed by atoms with van der Waals surface area (Å²) in [6.07, 6.45) is 0. The summed E-state index contributed by atoms with van der Waals surface area (Å²) in [5.74, 6) is 0. The van der Waals surface area contributed by atoms with Crippen LogP contribution in [0.3, 0.4) is 0 Å². The first-order valence-corrected chi connectivity index (χ1v) is 25.7. The van der Waals surface area contributed by atoms with Crippen LogP contribution in [0.15, 0.2) is 218 Å². The lowest BCUT2D eigenvalue weighted by molar-refractivity contribution is 0.589. The van der Waals surface area contributed by atoms with Crippen LogP contribution in [0.4, 0.5) is 0 Å². The van der Waals surface area contributed by atoms with Gasteiger partial charge < -0.3 is 0 Å². The molecule has 0 bridgehead atoms. The Morgan fingerprint density at radius 3 is 1.06 bits per heavy atom. The van der Waals surface area contributed by atoms with Gasteiger partial charge >= 0.3 is 0 Å². The Bertz CT molecular complexity index is 4120. The average molecular weight is 919 g/mol. The SMILES string of the molecule is CC(C)(C)c1cc2c3c(cc(C(C)(C)C)cc3c1)-c1c-2c(-c2ccccc2)c2ccc(-c3ccc4c5c(cccc35)-c3c-4c(-c4ccccc4)c4ccccc4c3-c3ccccc3)cc2c1-c1ccccc1. The molecule has 2 aliphatic carbocycles. The molecule has 2 aliphatic rings. The van der Waals surface area contributed by atoms with Crippen molar-refractivity contribution in [2.45, 2.75) is 52.4 Å². The van der Waals surface area contributed by atoms with Gasteiger partial charge in [-0.05, 0) is 183 Å². The first-order valence-electron chi connectivity index (χ1n) is 25.7. The molecule has 0 atom stereocenters. The Morgan fingerprint density at radius 2 is 0.597 bits per heavy atom. The van der Waals surface area contributed by atoms with Crippen molar-refractivity contribution in [1.29, 1.82) is 0 Å². The highest BCUT2D eigenvalue weighted by molar-refractivity contribution is 6.31. The van der Waals surface area contributed by atoms with E-state index in [2.05, 4.69) is 260 Å². The molecule has 0 aromatic heterocycles. The van der Waals surface area contributed by atoms with E-state index in [1.165, 1.54) is 154 Å². The summed E-state index contributed by atoms with van der Waals surface area (Å²) in [6.45, 7) is 14.1. The van der Waals surface area contributed by atoms with Crippen molar-refractivity contribution in [3.05, 3.63) is 230 Å². The van der Waals surface area contributed by atoms with E-state index < -0.39 is 0 Å². The predicted molar refractivity (Wildman–Crippen MR) is 310 cm³/mol. The fourth-order valence-electron chi connectivity index (χ4n) is 12.6. The van der Waals surface area contributed by atoms with Crippen molar-refractivity contribution >= 4 is 43.1 Å². The second-order valence-corrected chi connectivity index (χ2v) is 22.3. The quantitative estimate of drug-likeness (QED) is 0.161. The van der Waals surface area contributed by atoms with Gasteiger partial charge in [0.25, 0.3) is 0 Å². The Balaban J connectivity index is 1.09. The minimum atomic E-state index is -0.0452. The van der Waals surface area contributed by atoms with Gasteiger partial charge in [-0.2, -0.15) is 0 Å². The maximum absolute atomic E-state index is 2.53. The minimum absolute atomic E-state index is 0.0347. The van der Waals surface area contributed by atoms with E-state index >= 15 is 0 Å². The summed E-state index contributed by atoms with van der Waals surface area (Å²) < 4.78 is 0. The second kappa shape index (κ2) is 15.6. The number of benzene rings is 12. The van der Waals surface area contributed by atoms with Crippen LogP contribution in [-0.2, 0) is 10.8 Å². The summed E-state index contributed by atoms with van der Waals surface area (Å²) >= 11 is 0. The Kier molecular flexibility index (Phi) is 9.21. The molecule has 0 radical (unpaired) electrons. The van der Waals surface area contributed by atoms with Gasteiger partial charge in [0.1, 0.15) is 0 Å². The molecular formula is C72H54. The number of rotatable bonds is 5. The smallest absolute Gasteiger partial charge is 0.000731 e. The topological polar surface area (TPSA) is 0 Å². The van der Waals surface area contributed by atoms with Crippen molar-refractivity contribution in [3.63, 3.8) is 0 Å².